The second-order valence-electron chi connectivity index (χ2n) is 4.10. The summed E-state index contributed by atoms with van der Waals surface area (Å²) >= 11 is 0. The largest absolute Gasteiger partial charge is 0.377 e. The highest BCUT2D eigenvalue weighted by molar-refractivity contribution is 5.64. The van der Waals surface area contributed by atoms with Gasteiger partial charge in [-0.05, 0) is 18.2 Å². The highest BCUT2D eigenvalue weighted by Crippen LogP contribution is 2.24. The Kier molecular flexibility index (Phi) is 3.26. The van der Waals surface area contributed by atoms with Gasteiger partial charge in [-0.3, -0.25) is 5.10 Å². The van der Waals surface area contributed by atoms with Crippen LogP contribution in [0.1, 0.15) is 5.82 Å². The number of aromatic amines is 1. The van der Waals surface area contributed by atoms with E-state index in [-0.39, 0.29) is 18.3 Å². The molecule has 0 spiro atoms. The molecule has 1 N–H and O–H groups in total. The molecule has 0 atom stereocenters. The van der Waals surface area contributed by atoms with Crippen molar-refractivity contribution in [1.29, 1.82) is 0 Å². The third-order valence-electron chi connectivity index (χ3n) is 2.70. The first-order valence-electron chi connectivity index (χ1n) is 5.90. The predicted octanol–water partition coefficient (Wildman–Crippen LogP) is 2.41. The molecule has 0 bridgehead atoms. The van der Waals surface area contributed by atoms with Crippen molar-refractivity contribution in [2.75, 3.05) is 7.11 Å². The molecule has 0 unspecified atom stereocenters. The van der Waals surface area contributed by atoms with Gasteiger partial charge in [-0.15, -0.1) is 0 Å². The summed E-state index contributed by atoms with van der Waals surface area (Å²) in [4.78, 5) is 4.13. The molecular weight excluding hydrogens is 263 g/mol. The van der Waals surface area contributed by atoms with Crippen LogP contribution in [-0.4, -0.2) is 27.4 Å². The molecule has 102 valence electrons. The van der Waals surface area contributed by atoms with E-state index in [2.05, 4.69) is 20.3 Å². The van der Waals surface area contributed by atoms with E-state index in [1.807, 2.05) is 0 Å². The van der Waals surface area contributed by atoms with Gasteiger partial charge in [0.25, 0.3) is 5.89 Å². The van der Waals surface area contributed by atoms with Crippen LogP contribution in [0.5, 0.6) is 0 Å². The molecule has 2 aromatic heterocycles. The van der Waals surface area contributed by atoms with E-state index in [9.17, 15) is 4.39 Å². The van der Waals surface area contributed by atoms with E-state index in [0.29, 0.717) is 22.8 Å². The minimum Gasteiger partial charge on any atom is -0.377 e. The SMILES string of the molecule is COCc1noc(-c2cc(-c3ccccc3F)n[nH]2)n1. The van der Waals surface area contributed by atoms with Crippen LogP contribution in [0.4, 0.5) is 4.39 Å². The van der Waals surface area contributed by atoms with Gasteiger partial charge < -0.3 is 9.26 Å². The third-order valence-corrected chi connectivity index (χ3v) is 2.70. The van der Waals surface area contributed by atoms with Gasteiger partial charge >= 0.3 is 0 Å². The lowest BCUT2D eigenvalue weighted by Crippen LogP contribution is -1.89. The van der Waals surface area contributed by atoms with Gasteiger partial charge in [0, 0.05) is 12.7 Å². The molecular formula is C13H11FN4O2. The van der Waals surface area contributed by atoms with E-state index in [0.717, 1.165) is 0 Å². The number of halogens is 1. The molecule has 6 nitrogen and oxygen atoms in total. The Morgan fingerprint density at radius 3 is 3.00 bits per heavy atom. The van der Waals surface area contributed by atoms with Crippen molar-refractivity contribution in [3.8, 4) is 22.8 Å². The first-order chi connectivity index (χ1) is 9.78. The molecule has 0 fully saturated rings. The quantitative estimate of drug-likeness (QED) is 0.790. The lowest BCUT2D eigenvalue weighted by molar-refractivity contribution is 0.174. The van der Waals surface area contributed by atoms with Gasteiger partial charge in [-0.1, -0.05) is 17.3 Å². The maximum Gasteiger partial charge on any atom is 0.276 e. The summed E-state index contributed by atoms with van der Waals surface area (Å²) in [5, 5.41) is 10.6. The first-order valence-corrected chi connectivity index (χ1v) is 5.90. The molecule has 0 aliphatic carbocycles. The average Bonchev–Trinajstić information content (AvgIpc) is 3.08. The summed E-state index contributed by atoms with van der Waals surface area (Å²) in [6, 6.07) is 8.06. The van der Waals surface area contributed by atoms with Crippen molar-refractivity contribution >= 4 is 0 Å². The topological polar surface area (TPSA) is 76.8 Å². The molecule has 0 saturated heterocycles. The van der Waals surface area contributed by atoms with Gasteiger partial charge in [-0.2, -0.15) is 10.1 Å². The lowest BCUT2D eigenvalue weighted by atomic mass is 10.1. The van der Waals surface area contributed by atoms with Crippen LogP contribution in [0.2, 0.25) is 0 Å². The average molecular weight is 274 g/mol. The van der Waals surface area contributed by atoms with Crippen molar-refractivity contribution in [1.82, 2.24) is 20.3 Å². The van der Waals surface area contributed by atoms with Crippen LogP contribution in [0.3, 0.4) is 0 Å². The Labute approximate surface area is 113 Å². The van der Waals surface area contributed by atoms with E-state index in [1.165, 1.54) is 6.07 Å². The summed E-state index contributed by atoms with van der Waals surface area (Å²) in [6.07, 6.45) is 0. The van der Waals surface area contributed by atoms with Crippen LogP contribution < -0.4 is 0 Å². The fourth-order valence-electron chi connectivity index (χ4n) is 1.79. The Morgan fingerprint density at radius 2 is 2.20 bits per heavy atom. The van der Waals surface area contributed by atoms with E-state index >= 15 is 0 Å². The van der Waals surface area contributed by atoms with E-state index in [4.69, 9.17) is 9.26 Å². The molecule has 0 saturated carbocycles. The number of rotatable bonds is 4. The summed E-state index contributed by atoms with van der Waals surface area (Å²) < 4.78 is 23.7. The summed E-state index contributed by atoms with van der Waals surface area (Å²) in [5.74, 6) is 0.382. The highest BCUT2D eigenvalue weighted by atomic mass is 19.1. The summed E-state index contributed by atoms with van der Waals surface area (Å²) in [6.45, 7) is 0.262. The van der Waals surface area contributed by atoms with Crippen molar-refractivity contribution in [3.63, 3.8) is 0 Å². The minimum absolute atomic E-state index is 0.262. The van der Waals surface area contributed by atoms with Crippen molar-refractivity contribution in [2.24, 2.45) is 0 Å². The number of aromatic nitrogens is 4. The van der Waals surface area contributed by atoms with Crippen LogP contribution in [0.25, 0.3) is 22.8 Å². The molecule has 0 aliphatic heterocycles. The van der Waals surface area contributed by atoms with Crippen molar-refractivity contribution < 1.29 is 13.7 Å². The number of hydrogen-bond acceptors (Lipinski definition) is 5. The maximum absolute atomic E-state index is 13.7. The molecule has 1 aromatic carbocycles. The van der Waals surface area contributed by atoms with Gasteiger partial charge in [-0.25, -0.2) is 4.39 Å². The number of ether oxygens (including phenoxy) is 1. The Hall–Kier alpha value is -2.54. The predicted molar refractivity (Wildman–Crippen MR) is 68.0 cm³/mol. The minimum atomic E-state index is -0.337. The molecule has 3 rings (SSSR count). The number of nitrogens with one attached hydrogen (secondary N) is 1. The molecule has 2 heterocycles. The zero-order valence-corrected chi connectivity index (χ0v) is 10.6. The smallest absolute Gasteiger partial charge is 0.276 e. The number of H-pyrrole nitrogens is 1. The van der Waals surface area contributed by atoms with Gasteiger partial charge in [0.15, 0.2) is 5.82 Å². The highest BCUT2D eigenvalue weighted by Gasteiger charge is 2.14. The van der Waals surface area contributed by atoms with Crippen LogP contribution in [-0.2, 0) is 11.3 Å². The molecule has 0 amide bonds. The molecule has 0 radical (unpaired) electrons. The van der Waals surface area contributed by atoms with E-state index < -0.39 is 0 Å². The fraction of sp³-hybridized carbons (Fsp3) is 0.154. The van der Waals surface area contributed by atoms with Crippen LogP contribution in [0.15, 0.2) is 34.9 Å². The number of hydrogen-bond donors (Lipinski definition) is 1. The standard InChI is InChI=1S/C13H11FN4O2/c1-19-7-12-15-13(20-18-12)11-6-10(16-17-11)8-4-2-3-5-9(8)14/h2-6H,7H2,1H3,(H,16,17). The van der Waals surface area contributed by atoms with Crippen molar-refractivity contribution in [3.05, 3.63) is 42.0 Å². The van der Waals surface area contributed by atoms with Crippen LogP contribution in [0, 0.1) is 5.82 Å². The Morgan fingerprint density at radius 1 is 1.35 bits per heavy atom. The van der Waals surface area contributed by atoms with Gasteiger partial charge in [0.1, 0.15) is 18.1 Å². The summed E-state index contributed by atoms with van der Waals surface area (Å²) in [7, 11) is 1.54. The van der Waals surface area contributed by atoms with Gasteiger partial charge in [0.05, 0.1) is 5.69 Å². The monoisotopic (exact) mass is 274 g/mol. The second kappa shape index (κ2) is 5.22. The normalized spacial score (nSPS) is 10.9. The molecule has 7 heteroatoms. The molecule has 3 aromatic rings. The fourth-order valence-corrected chi connectivity index (χ4v) is 1.79. The maximum atomic E-state index is 13.7. The Bertz CT molecular complexity index is 722. The number of benzene rings is 1. The molecule has 0 aliphatic rings. The lowest BCUT2D eigenvalue weighted by Gasteiger charge is -1.96. The second-order valence-corrected chi connectivity index (χ2v) is 4.10. The zero-order valence-electron chi connectivity index (χ0n) is 10.6. The van der Waals surface area contributed by atoms with Crippen molar-refractivity contribution in [2.45, 2.75) is 6.61 Å². The third kappa shape index (κ3) is 2.30. The number of methoxy groups -OCH3 is 1. The van der Waals surface area contributed by atoms with Crippen LogP contribution >= 0.6 is 0 Å². The number of nitrogens with zero attached hydrogens (tertiary/aromatic N) is 3. The summed E-state index contributed by atoms with van der Waals surface area (Å²) in [5.41, 5.74) is 1.41. The first kappa shape index (κ1) is 12.5. The molecule has 20 heavy (non-hydrogen) atoms. The Balaban J connectivity index is 1.91. The zero-order chi connectivity index (χ0) is 13.9. The van der Waals surface area contributed by atoms with Gasteiger partial charge in [0.2, 0.25) is 0 Å². The van der Waals surface area contributed by atoms with E-state index in [1.54, 1.807) is 31.4 Å².